The molecule has 0 fully saturated rings. The smallest absolute Gasteiger partial charge is 0.0582 e. The molecule has 1 atom stereocenters. The van der Waals surface area contributed by atoms with Crippen LogP contribution in [0.3, 0.4) is 0 Å². The van der Waals surface area contributed by atoms with Crippen LogP contribution >= 0.6 is 0 Å². The van der Waals surface area contributed by atoms with Crippen LogP contribution in [0.5, 0.6) is 0 Å². The van der Waals surface area contributed by atoms with Crippen LogP contribution < -0.4 is 5.32 Å². The molecule has 1 unspecified atom stereocenters. The standard InChI is InChI=1S/C19H25N/c1-6-16-9-7-8-10-17(16)19(20-5)18-14(3)11-13(2)12-15(18)4/h7-12,19-20H,6H2,1-5H3. The van der Waals surface area contributed by atoms with Crippen molar-refractivity contribution in [3.63, 3.8) is 0 Å². The molecule has 0 aromatic heterocycles. The van der Waals surface area contributed by atoms with Gasteiger partial charge in [0.05, 0.1) is 6.04 Å². The number of nitrogens with one attached hydrogen (secondary N) is 1. The Labute approximate surface area is 123 Å². The lowest BCUT2D eigenvalue weighted by atomic mass is 9.87. The van der Waals surface area contributed by atoms with Crippen LogP contribution in [0.25, 0.3) is 0 Å². The van der Waals surface area contributed by atoms with Gasteiger partial charge in [-0.25, -0.2) is 0 Å². The van der Waals surface area contributed by atoms with Gasteiger partial charge in [-0.1, -0.05) is 48.9 Å². The van der Waals surface area contributed by atoms with Crippen molar-refractivity contribution in [2.24, 2.45) is 0 Å². The van der Waals surface area contributed by atoms with Crippen molar-refractivity contribution in [2.75, 3.05) is 7.05 Å². The SMILES string of the molecule is CCc1ccccc1C(NC)c1c(C)cc(C)cc1C. The van der Waals surface area contributed by atoms with Gasteiger partial charge >= 0.3 is 0 Å². The fourth-order valence-electron chi connectivity index (χ4n) is 3.24. The Morgan fingerprint density at radius 1 is 1.00 bits per heavy atom. The summed E-state index contributed by atoms with van der Waals surface area (Å²) in [6, 6.07) is 13.6. The second-order valence-corrected chi connectivity index (χ2v) is 5.59. The number of hydrogen-bond donors (Lipinski definition) is 1. The third kappa shape index (κ3) is 2.78. The molecule has 20 heavy (non-hydrogen) atoms. The predicted octanol–water partition coefficient (Wildman–Crippen LogP) is 4.48. The van der Waals surface area contributed by atoms with Crippen molar-refractivity contribution in [3.8, 4) is 0 Å². The number of hydrogen-bond acceptors (Lipinski definition) is 1. The molecule has 0 heterocycles. The number of aryl methyl sites for hydroxylation is 4. The van der Waals surface area contributed by atoms with Crippen LogP contribution in [0.2, 0.25) is 0 Å². The van der Waals surface area contributed by atoms with E-state index in [9.17, 15) is 0 Å². The monoisotopic (exact) mass is 267 g/mol. The van der Waals surface area contributed by atoms with Crippen LogP contribution in [-0.4, -0.2) is 7.05 Å². The average molecular weight is 267 g/mol. The normalized spacial score (nSPS) is 12.4. The van der Waals surface area contributed by atoms with E-state index in [0.29, 0.717) is 0 Å². The van der Waals surface area contributed by atoms with Gasteiger partial charge in [0, 0.05) is 0 Å². The molecule has 0 saturated heterocycles. The van der Waals surface area contributed by atoms with E-state index in [2.05, 4.69) is 76.5 Å². The van der Waals surface area contributed by atoms with E-state index in [4.69, 9.17) is 0 Å². The molecule has 0 aliphatic carbocycles. The lowest BCUT2D eigenvalue weighted by Crippen LogP contribution is -2.21. The summed E-state index contributed by atoms with van der Waals surface area (Å²) in [7, 11) is 2.05. The molecule has 0 bridgehead atoms. The molecule has 2 aromatic carbocycles. The summed E-state index contributed by atoms with van der Waals surface area (Å²) in [6.07, 6.45) is 1.07. The maximum atomic E-state index is 3.51. The van der Waals surface area contributed by atoms with Crippen molar-refractivity contribution in [2.45, 2.75) is 40.2 Å². The van der Waals surface area contributed by atoms with Crippen molar-refractivity contribution < 1.29 is 0 Å². The molecule has 2 rings (SSSR count). The first-order valence-electron chi connectivity index (χ1n) is 7.41. The lowest BCUT2D eigenvalue weighted by Gasteiger charge is -2.24. The van der Waals surface area contributed by atoms with Gasteiger partial charge in [-0.05, 0) is 62.1 Å². The zero-order valence-electron chi connectivity index (χ0n) is 13.2. The lowest BCUT2D eigenvalue weighted by molar-refractivity contribution is 0.675. The molecule has 2 aromatic rings. The van der Waals surface area contributed by atoms with Crippen LogP contribution in [0.15, 0.2) is 36.4 Å². The van der Waals surface area contributed by atoms with E-state index >= 15 is 0 Å². The summed E-state index contributed by atoms with van der Waals surface area (Å²) in [5.74, 6) is 0. The van der Waals surface area contributed by atoms with Gasteiger partial charge in [0.1, 0.15) is 0 Å². The minimum atomic E-state index is 0.270. The third-order valence-electron chi connectivity index (χ3n) is 4.06. The van der Waals surface area contributed by atoms with Gasteiger partial charge in [-0.15, -0.1) is 0 Å². The second kappa shape index (κ2) is 6.23. The van der Waals surface area contributed by atoms with Crippen LogP contribution in [-0.2, 0) is 6.42 Å². The second-order valence-electron chi connectivity index (χ2n) is 5.59. The Kier molecular flexibility index (Phi) is 4.61. The highest BCUT2D eigenvalue weighted by molar-refractivity contribution is 5.46. The molecule has 0 saturated carbocycles. The Balaban J connectivity index is 2.59. The predicted molar refractivity (Wildman–Crippen MR) is 87.4 cm³/mol. The van der Waals surface area contributed by atoms with E-state index in [1.807, 2.05) is 0 Å². The van der Waals surface area contributed by atoms with Gasteiger partial charge in [0.25, 0.3) is 0 Å². The van der Waals surface area contributed by atoms with Gasteiger partial charge < -0.3 is 5.32 Å². The molecule has 0 amide bonds. The summed E-state index contributed by atoms with van der Waals surface area (Å²) in [6.45, 7) is 8.82. The topological polar surface area (TPSA) is 12.0 Å². The zero-order chi connectivity index (χ0) is 14.7. The Hall–Kier alpha value is -1.60. The van der Waals surface area contributed by atoms with E-state index in [-0.39, 0.29) is 6.04 Å². The average Bonchev–Trinajstić information content (AvgIpc) is 2.42. The minimum Gasteiger partial charge on any atom is -0.309 e. The molecule has 1 nitrogen and oxygen atoms in total. The fraction of sp³-hybridized carbons (Fsp3) is 0.368. The van der Waals surface area contributed by atoms with Gasteiger partial charge in [0.2, 0.25) is 0 Å². The van der Waals surface area contributed by atoms with Crippen LogP contribution in [0.4, 0.5) is 0 Å². The quantitative estimate of drug-likeness (QED) is 0.861. The Morgan fingerprint density at radius 3 is 2.15 bits per heavy atom. The molecule has 1 heteroatoms. The van der Waals surface area contributed by atoms with Crippen molar-refractivity contribution in [1.29, 1.82) is 0 Å². The first-order valence-corrected chi connectivity index (χ1v) is 7.41. The number of rotatable bonds is 4. The highest BCUT2D eigenvalue weighted by Crippen LogP contribution is 2.30. The highest BCUT2D eigenvalue weighted by atomic mass is 14.9. The first-order chi connectivity index (χ1) is 9.58. The summed E-state index contributed by atoms with van der Waals surface area (Å²) in [5, 5.41) is 3.51. The molecule has 1 N–H and O–H groups in total. The molecule has 0 spiro atoms. The van der Waals surface area contributed by atoms with Crippen molar-refractivity contribution in [3.05, 3.63) is 69.8 Å². The minimum absolute atomic E-state index is 0.270. The zero-order valence-corrected chi connectivity index (χ0v) is 13.2. The highest BCUT2D eigenvalue weighted by Gasteiger charge is 2.18. The molecule has 0 radical (unpaired) electrons. The molecule has 0 aliphatic rings. The van der Waals surface area contributed by atoms with E-state index in [1.165, 1.54) is 33.4 Å². The van der Waals surface area contributed by atoms with E-state index in [0.717, 1.165) is 6.42 Å². The number of benzene rings is 2. The maximum absolute atomic E-state index is 3.51. The molecular weight excluding hydrogens is 242 g/mol. The van der Waals surface area contributed by atoms with Crippen molar-refractivity contribution >= 4 is 0 Å². The molecular formula is C19H25N. The Bertz CT molecular complexity index is 575. The molecule has 106 valence electrons. The Morgan fingerprint density at radius 2 is 1.60 bits per heavy atom. The van der Waals surface area contributed by atoms with Gasteiger partial charge in [0.15, 0.2) is 0 Å². The van der Waals surface area contributed by atoms with E-state index in [1.54, 1.807) is 0 Å². The van der Waals surface area contributed by atoms with E-state index < -0.39 is 0 Å². The largest absolute Gasteiger partial charge is 0.309 e. The first kappa shape index (κ1) is 14.8. The van der Waals surface area contributed by atoms with Crippen LogP contribution in [0, 0.1) is 20.8 Å². The maximum Gasteiger partial charge on any atom is 0.0582 e. The fourth-order valence-corrected chi connectivity index (χ4v) is 3.24. The summed E-state index contributed by atoms with van der Waals surface area (Å²) in [4.78, 5) is 0. The molecule has 0 aliphatic heterocycles. The summed E-state index contributed by atoms with van der Waals surface area (Å²) in [5.41, 5.74) is 8.31. The summed E-state index contributed by atoms with van der Waals surface area (Å²) < 4.78 is 0. The van der Waals surface area contributed by atoms with Crippen LogP contribution in [0.1, 0.15) is 46.3 Å². The van der Waals surface area contributed by atoms with Gasteiger partial charge in [-0.2, -0.15) is 0 Å². The summed E-state index contributed by atoms with van der Waals surface area (Å²) >= 11 is 0. The van der Waals surface area contributed by atoms with Crippen molar-refractivity contribution in [1.82, 2.24) is 5.32 Å². The third-order valence-corrected chi connectivity index (χ3v) is 4.06. The van der Waals surface area contributed by atoms with Gasteiger partial charge in [-0.3, -0.25) is 0 Å².